The zero-order valence-corrected chi connectivity index (χ0v) is 18.6. The summed E-state index contributed by atoms with van der Waals surface area (Å²) in [7, 11) is 0. The van der Waals surface area contributed by atoms with Gasteiger partial charge < -0.3 is 9.80 Å². The number of carbonyl (C=O) groups excluding carboxylic acids is 1. The average Bonchev–Trinajstić information content (AvgIpc) is 3.36. The van der Waals surface area contributed by atoms with Crippen LogP contribution in [-0.4, -0.2) is 71.3 Å². The molecule has 0 spiro atoms. The monoisotopic (exact) mass is 445 g/mol. The fraction of sp³-hybridized carbons (Fsp3) is 0.308. The van der Waals surface area contributed by atoms with Gasteiger partial charge in [0.15, 0.2) is 0 Å². The van der Waals surface area contributed by atoms with Crippen LogP contribution in [0.25, 0.3) is 11.3 Å². The maximum absolute atomic E-state index is 14.0. The summed E-state index contributed by atoms with van der Waals surface area (Å²) in [5.41, 5.74) is 4.07. The minimum absolute atomic E-state index is 0.150. The number of carbonyl (C=O) groups is 1. The van der Waals surface area contributed by atoms with E-state index < -0.39 is 0 Å². The lowest BCUT2D eigenvalue weighted by Gasteiger charge is -2.37. The summed E-state index contributed by atoms with van der Waals surface area (Å²) < 4.78 is 15.9. The van der Waals surface area contributed by atoms with Crippen LogP contribution in [0.4, 0.5) is 10.1 Å². The van der Waals surface area contributed by atoms with Gasteiger partial charge in [-0.25, -0.2) is 9.07 Å². The van der Waals surface area contributed by atoms with Crippen molar-refractivity contribution in [1.82, 2.24) is 19.6 Å². The molecule has 0 aliphatic carbocycles. The molecule has 3 heterocycles. The molecule has 1 aromatic heterocycles. The molecule has 0 atom stereocenters. The quantitative estimate of drug-likeness (QED) is 0.604. The molecule has 0 radical (unpaired) electrons. The first kappa shape index (κ1) is 21.4. The second-order valence-corrected chi connectivity index (χ2v) is 8.54. The SMILES string of the molecule is O=C(CN1CC=C(c2cnn(-c3ccccc3)c2)CC1)N1CCN(c2ccccc2F)CC1. The molecule has 6 nitrogen and oxygen atoms in total. The highest BCUT2D eigenvalue weighted by atomic mass is 19.1. The summed E-state index contributed by atoms with van der Waals surface area (Å²) in [5.74, 6) is -0.0561. The van der Waals surface area contributed by atoms with E-state index in [1.165, 1.54) is 11.6 Å². The summed E-state index contributed by atoms with van der Waals surface area (Å²) in [6.45, 7) is 4.59. The van der Waals surface area contributed by atoms with E-state index in [4.69, 9.17) is 0 Å². The van der Waals surface area contributed by atoms with E-state index in [1.54, 1.807) is 12.1 Å². The number of rotatable bonds is 5. The Morgan fingerprint density at radius 1 is 0.939 bits per heavy atom. The molecular weight excluding hydrogens is 417 g/mol. The molecule has 1 amide bonds. The van der Waals surface area contributed by atoms with Crippen LogP contribution < -0.4 is 4.90 Å². The van der Waals surface area contributed by atoms with E-state index in [9.17, 15) is 9.18 Å². The smallest absolute Gasteiger partial charge is 0.236 e. The fourth-order valence-electron chi connectivity index (χ4n) is 4.52. The Balaban J connectivity index is 1.13. The molecule has 2 aliphatic rings. The summed E-state index contributed by atoms with van der Waals surface area (Å²) in [6.07, 6.45) is 7.08. The molecule has 0 unspecified atom stereocenters. The number of amides is 1. The van der Waals surface area contributed by atoms with Gasteiger partial charge in [0.05, 0.1) is 24.1 Å². The Morgan fingerprint density at radius 2 is 1.70 bits per heavy atom. The average molecular weight is 446 g/mol. The van der Waals surface area contributed by atoms with Crippen molar-refractivity contribution in [2.75, 3.05) is 50.7 Å². The third-order valence-corrected chi connectivity index (χ3v) is 6.45. The largest absolute Gasteiger partial charge is 0.366 e. The molecule has 0 bridgehead atoms. The fourth-order valence-corrected chi connectivity index (χ4v) is 4.52. The number of nitrogens with zero attached hydrogens (tertiary/aromatic N) is 5. The first-order chi connectivity index (χ1) is 16.2. The number of hydrogen-bond acceptors (Lipinski definition) is 4. The van der Waals surface area contributed by atoms with Crippen molar-refractivity contribution in [3.63, 3.8) is 0 Å². The van der Waals surface area contributed by atoms with Gasteiger partial charge in [-0.3, -0.25) is 9.69 Å². The Kier molecular flexibility index (Phi) is 6.21. The van der Waals surface area contributed by atoms with E-state index in [0.717, 1.165) is 30.8 Å². The van der Waals surface area contributed by atoms with Crippen molar-refractivity contribution in [3.8, 4) is 5.69 Å². The van der Waals surface area contributed by atoms with E-state index in [1.807, 2.05) is 57.1 Å². The molecule has 1 fully saturated rings. The van der Waals surface area contributed by atoms with Crippen molar-refractivity contribution < 1.29 is 9.18 Å². The van der Waals surface area contributed by atoms with Crippen molar-refractivity contribution in [3.05, 3.63) is 84.4 Å². The number of benzene rings is 2. The molecule has 1 saturated heterocycles. The Morgan fingerprint density at radius 3 is 2.42 bits per heavy atom. The molecule has 0 saturated carbocycles. The van der Waals surface area contributed by atoms with Crippen LogP contribution in [-0.2, 0) is 4.79 Å². The minimum atomic E-state index is -0.206. The number of anilines is 1. The van der Waals surface area contributed by atoms with Crippen LogP contribution >= 0.6 is 0 Å². The standard InChI is InChI=1S/C26H28FN5O/c27-24-8-4-5-9-25(24)30-14-16-31(17-15-30)26(33)20-29-12-10-21(11-13-29)22-18-28-32(19-22)23-6-2-1-3-7-23/h1-10,18-19H,11-17,20H2. The van der Waals surface area contributed by atoms with Gasteiger partial charge in [-0.15, -0.1) is 0 Å². The molecule has 7 heteroatoms. The van der Waals surface area contributed by atoms with Crippen molar-refractivity contribution in [1.29, 1.82) is 0 Å². The van der Waals surface area contributed by atoms with Gasteiger partial charge in [-0.1, -0.05) is 36.4 Å². The van der Waals surface area contributed by atoms with Gasteiger partial charge in [-0.2, -0.15) is 5.10 Å². The Bertz CT molecular complexity index is 1130. The van der Waals surface area contributed by atoms with Gasteiger partial charge in [-0.05, 0) is 36.3 Å². The van der Waals surface area contributed by atoms with Crippen LogP contribution in [0.2, 0.25) is 0 Å². The summed E-state index contributed by atoms with van der Waals surface area (Å²) >= 11 is 0. The summed E-state index contributed by atoms with van der Waals surface area (Å²) in [5, 5.41) is 4.50. The van der Waals surface area contributed by atoms with Crippen molar-refractivity contribution in [2.24, 2.45) is 0 Å². The predicted molar refractivity (Wildman–Crippen MR) is 128 cm³/mol. The molecule has 33 heavy (non-hydrogen) atoms. The lowest BCUT2D eigenvalue weighted by Crippen LogP contribution is -2.51. The van der Waals surface area contributed by atoms with Crippen LogP contribution in [0.15, 0.2) is 73.1 Å². The number of halogens is 1. The second kappa shape index (κ2) is 9.58. The highest BCUT2D eigenvalue weighted by molar-refractivity contribution is 5.79. The highest BCUT2D eigenvalue weighted by Crippen LogP contribution is 2.23. The van der Waals surface area contributed by atoms with E-state index >= 15 is 0 Å². The normalized spacial score (nSPS) is 17.2. The summed E-state index contributed by atoms with van der Waals surface area (Å²) in [6, 6.07) is 16.9. The first-order valence-electron chi connectivity index (χ1n) is 11.5. The highest BCUT2D eigenvalue weighted by Gasteiger charge is 2.25. The third-order valence-electron chi connectivity index (χ3n) is 6.45. The topological polar surface area (TPSA) is 44.6 Å². The predicted octanol–water partition coefficient (Wildman–Crippen LogP) is 3.45. The van der Waals surface area contributed by atoms with Crippen molar-refractivity contribution in [2.45, 2.75) is 6.42 Å². The molecule has 170 valence electrons. The lowest BCUT2D eigenvalue weighted by molar-refractivity contribution is -0.132. The minimum Gasteiger partial charge on any atom is -0.366 e. The van der Waals surface area contributed by atoms with Gasteiger partial charge in [0.1, 0.15) is 5.82 Å². The molecular formula is C26H28FN5O. The van der Waals surface area contributed by atoms with E-state index in [2.05, 4.69) is 22.3 Å². The molecule has 0 N–H and O–H groups in total. The zero-order chi connectivity index (χ0) is 22.6. The third kappa shape index (κ3) is 4.83. The zero-order valence-electron chi connectivity index (χ0n) is 18.6. The number of para-hydroxylation sites is 2. The van der Waals surface area contributed by atoms with Crippen LogP contribution in [0.1, 0.15) is 12.0 Å². The Labute approximate surface area is 193 Å². The molecule has 3 aromatic rings. The second-order valence-electron chi connectivity index (χ2n) is 8.54. The maximum atomic E-state index is 14.0. The number of piperazine rings is 1. The lowest BCUT2D eigenvalue weighted by atomic mass is 10.0. The van der Waals surface area contributed by atoms with Crippen LogP contribution in [0, 0.1) is 5.82 Å². The van der Waals surface area contributed by atoms with E-state index in [-0.39, 0.29) is 11.7 Å². The van der Waals surface area contributed by atoms with Crippen molar-refractivity contribution >= 4 is 17.2 Å². The van der Waals surface area contributed by atoms with Gasteiger partial charge in [0.25, 0.3) is 0 Å². The molecule has 2 aliphatic heterocycles. The van der Waals surface area contributed by atoms with Gasteiger partial charge in [0.2, 0.25) is 5.91 Å². The number of aromatic nitrogens is 2. The van der Waals surface area contributed by atoms with Gasteiger partial charge in [0, 0.05) is 51.0 Å². The van der Waals surface area contributed by atoms with Crippen LogP contribution in [0.3, 0.4) is 0 Å². The molecule has 5 rings (SSSR count). The van der Waals surface area contributed by atoms with Crippen LogP contribution in [0.5, 0.6) is 0 Å². The van der Waals surface area contributed by atoms with Gasteiger partial charge >= 0.3 is 0 Å². The number of hydrogen-bond donors (Lipinski definition) is 0. The van der Waals surface area contributed by atoms with E-state index in [0.29, 0.717) is 38.4 Å². The summed E-state index contributed by atoms with van der Waals surface area (Å²) in [4.78, 5) is 19.0. The Hall–Kier alpha value is -3.45. The maximum Gasteiger partial charge on any atom is 0.236 e. The molecule has 2 aromatic carbocycles. The first-order valence-corrected chi connectivity index (χ1v) is 11.5.